The SMILES string of the molecule is Cc1cc(-c2ccc(OC3CCN(C(=O)OC(C)(C)C)C(Oc4ccc(-c5cc(C)c6cccnc6c5)cc4)C3)cc2)cc2ncccc12. The molecule has 7 nitrogen and oxygen atoms in total. The zero-order chi connectivity index (χ0) is 34.1. The molecule has 3 heterocycles. The number of rotatable bonds is 6. The minimum absolute atomic E-state index is 0.144. The summed E-state index contributed by atoms with van der Waals surface area (Å²) in [5, 5.41) is 2.31. The number of hydrogen-bond donors (Lipinski definition) is 0. The van der Waals surface area contributed by atoms with Crippen molar-refractivity contribution < 1.29 is 19.0 Å². The van der Waals surface area contributed by atoms with Crippen LogP contribution in [0.3, 0.4) is 0 Å². The molecule has 49 heavy (non-hydrogen) atoms. The van der Waals surface area contributed by atoms with Crippen molar-refractivity contribution in [2.75, 3.05) is 6.54 Å². The van der Waals surface area contributed by atoms with E-state index in [0.29, 0.717) is 25.1 Å². The van der Waals surface area contributed by atoms with Gasteiger partial charge in [-0.25, -0.2) is 4.79 Å². The first-order chi connectivity index (χ1) is 23.6. The number of aromatic nitrogens is 2. The molecule has 2 atom stereocenters. The predicted molar refractivity (Wildman–Crippen MR) is 195 cm³/mol. The molecule has 4 aromatic carbocycles. The van der Waals surface area contributed by atoms with Crippen LogP contribution in [0, 0.1) is 13.8 Å². The van der Waals surface area contributed by atoms with Gasteiger partial charge in [-0.2, -0.15) is 0 Å². The summed E-state index contributed by atoms with van der Waals surface area (Å²) in [6.07, 6.45) is 3.70. The second-order valence-electron chi connectivity index (χ2n) is 13.8. The summed E-state index contributed by atoms with van der Waals surface area (Å²) in [5.74, 6) is 1.45. The number of pyridine rings is 2. The number of nitrogens with zero attached hydrogens (tertiary/aromatic N) is 3. The van der Waals surface area contributed by atoms with Gasteiger partial charge in [0.1, 0.15) is 23.2 Å². The van der Waals surface area contributed by atoms with Gasteiger partial charge in [-0.3, -0.25) is 14.9 Å². The molecule has 7 heteroatoms. The molecule has 0 saturated carbocycles. The van der Waals surface area contributed by atoms with Gasteiger partial charge in [0.2, 0.25) is 0 Å². The fourth-order valence-corrected chi connectivity index (χ4v) is 6.51. The van der Waals surface area contributed by atoms with E-state index in [4.69, 9.17) is 14.2 Å². The van der Waals surface area contributed by atoms with E-state index in [0.717, 1.165) is 49.8 Å². The van der Waals surface area contributed by atoms with Crippen molar-refractivity contribution in [3.63, 3.8) is 0 Å². The molecule has 0 radical (unpaired) electrons. The summed E-state index contributed by atoms with van der Waals surface area (Å²) >= 11 is 0. The lowest BCUT2D eigenvalue weighted by Crippen LogP contribution is -2.52. The first-order valence-electron chi connectivity index (χ1n) is 16.8. The van der Waals surface area contributed by atoms with Crippen molar-refractivity contribution in [3.05, 3.63) is 121 Å². The van der Waals surface area contributed by atoms with Crippen LogP contribution in [0.15, 0.2) is 109 Å². The van der Waals surface area contributed by atoms with Crippen LogP contribution < -0.4 is 9.47 Å². The van der Waals surface area contributed by atoms with E-state index < -0.39 is 17.9 Å². The smallest absolute Gasteiger partial charge is 0.413 e. The molecule has 2 aromatic heterocycles. The number of ether oxygens (including phenoxy) is 3. The molecule has 1 aliphatic rings. The molecule has 1 fully saturated rings. The minimum atomic E-state index is -0.620. The monoisotopic (exact) mass is 651 g/mol. The summed E-state index contributed by atoms with van der Waals surface area (Å²) in [6, 6.07) is 32.9. The third-order valence-corrected chi connectivity index (χ3v) is 8.94. The van der Waals surface area contributed by atoms with Gasteiger partial charge in [0.25, 0.3) is 0 Å². The molecule has 6 aromatic rings. The molecule has 1 amide bonds. The number of piperidine rings is 1. The maximum absolute atomic E-state index is 13.3. The first kappa shape index (κ1) is 32.1. The normalized spacial score (nSPS) is 16.5. The number of carbonyl (C=O) groups is 1. The van der Waals surface area contributed by atoms with Gasteiger partial charge >= 0.3 is 6.09 Å². The van der Waals surface area contributed by atoms with Crippen LogP contribution in [0.25, 0.3) is 44.1 Å². The molecule has 0 bridgehead atoms. The number of carbonyl (C=O) groups excluding carboxylic acids is 1. The van der Waals surface area contributed by atoms with Crippen LogP contribution in [-0.2, 0) is 4.74 Å². The fraction of sp³-hybridized carbons (Fsp3) is 0.262. The van der Waals surface area contributed by atoms with Crippen molar-refractivity contribution in [3.8, 4) is 33.8 Å². The highest BCUT2D eigenvalue weighted by atomic mass is 16.6. The molecule has 248 valence electrons. The van der Waals surface area contributed by atoms with E-state index in [-0.39, 0.29) is 6.10 Å². The first-order valence-corrected chi connectivity index (χ1v) is 16.8. The maximum Gasteiger partial charge on any atom is 0.413 e. The standard InChI is InChI=1S/C42H41N3O4/c1-27-22-31(24-38-36(27)8-6-19-43-38)29-10-14-33(15-11-29)47-35-18-21-45(41(46)49-42(3,4)5)40(26-35)48-34-16-12-30(13-17-34)32-23-28(2)37-9-7-20-44-39(37)25-32/h6-17,19-20,22-25,35,40H,18,21,26H2,1-5H3. The lowest BCUT2D eigenvalue weighted by atomic mass is 10.00. The average Bonchev–Trinajstić information content (AvgIpc) is 3.08. The van der Waals surface area contributed by atoms with E-state index in [2.05, 4.69) is 72.3 Å². The third kappa shape index (κ3) is 7.21. The van der Waals surface area contributed by atoms with Crippen molar-refractivity contribution >= 4 is 27.9 Å². The number of amides is 1. The quantitative estimate of drug-likeness (QED) is 0.179. The number of aryl methyl sites for hydroxylation is 2. The Kier molecular flexibility index (Phi) is 8.68. The van der Waals surface area contributed by atoms with Gasteiger partial charge in [-0.15, -0.1) is 0 Å². The zero-order valence-electron chi connectivity index (χ0n) is 28.6. The lowest BCUT2D eigenvalue weighted by Gasteiger charge is -2.39. The number of fused-ring (bicyclic) bond motifs is 2. The lowest BCUT2D eigenvalue weighted by molar-refractivity contribution is -0.0568. The Labute approximate surface area is 287 Å². The summed E-state index contributed by atoms with van der Waals surface area (Å²) < 4.78 is 18.8. The van der Waals surface area contributed by atoms with Crippen LogP contribution in [0.2, 0.25) is 0 Å². The Morgan fingerprint density at radius 2 is 1.20 bits per heavy atom. The summed E-state index contributed by atoms with van der Waals surface area (Å²) in [6.45, 7) is 10.3. The second kappa shape index (κ2) is 13.2. The summed E-state index contributed by atoms with van der Waals surface area (Å²) in [7, 11) is 0. The van der Waals surface area contributed by atoms with Gasteiger partial charge in [-0.05, 0) is 117 Å². The molecule has 7 rings (SSSR count). The Morgan fingerprint density at radius 1 is 0.694 bits per heavy atom. The third-order valence-electron chi connectivity index (χ3n) is 8.94. The van der Waals surface area contributed by atoms with Crippen LogP contribution in [0.4, 0.5) is 4.79 Å². The number of benzene rings is 4. The Balaban J connectivity index is 1.07. The second-order valence-corrected chi connectivity index (χ2v) is 13.8. The molecular formula is C42H41N3O4. The van der Waals surface area contributed by atoms with Gasteiger partial charge in [0, 0.05) is 42.6 Å². The summed E-state index contributed by atoms with van der Waals surface area (Å²) in [4.78, 5) is 24.1. The van der Waals surface area contributed by atoms with Crippen molar-refractivity contribution in [1.29, 1.82) is 0 Å². The highest BCUT2D eigenvalue weighted by molar-refractivity contribution is 5.88. The molecule has 2 unspecified atom stereocenters. The van der Waals surface area contributed by atoms with E-state index >= 15 is 0 Å². The van der Waals surface area contributed by atoms with E-state index in [9.17, 15) is 4.79 Å². The van der Waals surface area contributed by atoms with Crippen LogP contribution in [0.5, 0.6) is 11.5 Å². The minimum Gasteiger partial charge on any atom is -0.490 e. The molecule has 1 saturated heterocycles. The van der Waals surface area contributed by atoms with E-state index in [1.165, 1.54) is 11.1 Å². The largest absolute Gasteiger partial charge is 0.490 e. The predicted octanol–water partition coefficient (Wildman–Crippen LogP) is 9.92. The van der Waals surface area contributed by atoms with Crippen molar-refractivity contribution in [2.45, 2.75) is 65.4 Å². The molecule has 1 aliphatic heterocycles. The Bertz CT molecular complexity index is 2120. The highest BCUT2D eigenvalue weighted by Gasteiger charge is 2.36. The molecule has 0 aliphatic carbocycles. The van der Waals surface area contributed by atoms with Gasteiger partial charge in [-0.1, -0.05) is 48.5 Å². The fourth-order valence-electron chi connectivity index (χ4n) is 6.51. The van der Waals surface area contributed by atoms with E-state index in [1.807, 2.05) is 81.7 Å². The highest BCUT2D eigenvalue weighted by Crippen LogP contribution is 2.32. The van der Waals surface area contributed by atoms with Gasteiger partial charge in [0.05, 0.1) is 11.0 Å². The van der Waals surface area contributed by atoms with Gasteiger partial charge < -0.3 is 14.2 Å². The summed E-state index contributed by atoms with van der Waals surface area (Å²) in [5.41, 5.74) is 8.08. The van der Waals surface area contributed by atoms with Crippen molar-refractivity contribution in [1.82, 2.24) is 14.9 Å². The van der Waals surface area contributed by atoms with E-state index in [1.54, 1.807) is 4.90 Å². The topological polar surface area (TPSA) is 73.8 Å². The Morgan fingerprint density at radius 3 is 1.71 bits per heavy atom. The molecular weight excluding hydrogens is 610 g/mol. The van der Waals surface area contributed by atoms with Gasteiger partial charge in [0.15, 0.2) is 6.23 Å². The van der Waals surface area contributed by atoms with Crippen LogP contribution in [0.1, 0.15) is 44.7 Å². The van der Waals surface area contributed by atoms with Crippen LogP contribution >= 0.6 is 0 Å². The molecule has 0 N–H and O–H groups in total. The maximum atomic E-state index is 13.3. The average molecular weight is 652 g/mol. The number of likely N-dealkylation sites (tertiary alicyclic amines) is 1. The molecule has 0 spiro atoms. The van der Waals surface area contributed by atoms with Crippen LogP contribution in [-0.4, -0.2) is 45.4 Å². The van der Waals surface area contributed by atoms with Crippen molar-refractivity contribution in [2.24, 2.45) is 0 Å². The zero-order valence-corrected chi connectivity index (χ0v) is 28.6. The Hall–Kier alpha value is -5.43. The number of hydrogen-bond acceptors (Lipinski definition) is 6.